The summed E-state index contributed by atoms with van der Waals surface area (Å²) in [5.74, 6) is -0.0113. The van der Waals surface area contributed by atoms with Gasteiger partial charge in [-0.1, -0.05) is 18.3 Å². The minimum absolute atomic E-state index is 0.0923. The fourth-order valence-electron chi connectivity index (χ4n) is 2.60. The second kappa shape index (κ2) is 5.11. The molecule has 0 amide bonds. The Morgan fingerprint density at radius 2 is 1.96 bits per heavy atom. The van der Waals surface area contributed by atoms with Crippen molar-refractivity contribution in [1.82, 2.24) is 19.9 Å². The number of hydrogen-bond acceptors (Lipinski definition) is 6. The van der Waals surface area contributed by atoms with Crippen LogP contribution in [0.15, 0.2) is 27.1 Å². The highest BCUT2D eigenvalue weighted by atomic mass is 32.1. The smallest absolute Gasteiger partial charge is 0.328 e. The highest BCUT2D eigenvalue weighted by Crippen LogP contribution is 2.44. The van der Waals surface area contributed by atoms with Crippen LogP contribution in [-0.4, -0.2) is 19.9 Å². The Balaban J connectivity index is 2.14. The van der Waals surface area contributed by atoms with Gasteiger partial charge in [-0.3, -0.25) is 14.8 Å². The molecule has 1 aliphatic rings. The van der Waals surface area contributed by atoms with E-state index in [4.69, 9.17) is 29.2 Å². The maximum Gasteiger partial charge on any atom is 0.328 e. The number of aromatic amines is 4. The zero-order valence-electron chi connectivity index (χ0n) is 11.3. The van der Waals surface area contributed by atoms with E-state index in [1.165, 1.54) is 11.3 Å². The molecule has 4 N–H and O–H groups in total. The summed E-state index contributed by atoms with van der Waals surface area (Å²) in [6, 6.07) is 3.78. The highest BCUT2D eigenvalue weighted by molar-refractivity contribution is 7.72. The van der Waals surface area contributed by atoms with E-state index in [0.29, 0.717) is 26.4 Å². The number of fused-ring (bicyclic) bond motifs is 2. The Kier molecular flexibility index (Phi) is 3.18. The van der Waals surface area contributed by atoms with Gasteiger partial charge >= 0.3 is 5.69 Å². The van der Waals surface area contributed by atoms with Gasteiger partial charge in [-0.05, 0) is 23.7 Å². The summed E-state index contributed by atoms with van der Waals surface area (Å²) < 4.78 is 6.31. The number of nitrogens with one attached hydrogen (secondary N) is 4. The minimum Gasteiger partial charge on any atom is -0.435 e. The SMILES string of the molecule is O=c1[nH]c2c(c(=O)[nH]1)C(c1cccs1)c1[nH]c(=S)[nH]c(=S)c1O2. The fourth-order valence-corrected chi connectivity index (χ4v) is 3.97. The number of hydrogen-bond donors (Lipinski definition) is 4. The van der Waals surface area contributed by atoms with Crippen LogP contribution in [0.5, 0.6) is 11.6 Å². The number of H-pyrrole nitrogens is 4. The van der Waals surface area contributed by atoms with Gasteiger partial charge in [-0.25, -0.2) is 4.79 Å². The molecule has 0 saturated carbocycles. The maximum absolute atomic E-state index is 12.3. The van der Waals surface area contributed by atoms with E-state index < -0.39 is 17.2 Å². The molecule has 0 radical (unpaired) electrons. The van der Waals surface area contributed by atoms with E-state index in [9.17, 15) is 9.59 Å². The molecule has 3 aromatic rings. The van der Waals surface area contributed by atoms with E-state index in [-0.39, 0.29) is 5.88 Å². The van der Waals surface area contributed by atoms with Gasteiger partial charge < -0.3 is 14.7 Å². The van der Waals surface area contributed by atoms with Gasteiger partial charge in [0.15, 0.2) is 15.2 Å². The van der Waals surface area contributed by atoms with Gasteiger partial charge in [0.2, 0.25) is 5.88 Å². The summed E-state index contributed by atoms with van der Waals surface area (Å²) in [6.45, 7) is 0. The van der Waals surface area contributed by atoms with Crippen molar-refractivity contribution in [2.75, 3.05) is 0 Å². The molecule has 0 spiro atoms. The molecule has 0 saturated heterocycles. The molecule has 1 unspecified atom stereocenters. The Morgan fingerprint density at radius 1 is 1.13 bits per heavy atom. The monoisotopic (exact) mass is 364 g/mol. The van der Waals surface area contributed by atoms with Crippen LogP contribution in [0.25, 0.3) is 0 Å². The molecule has 7 nitrogen and oxygen atoms in total. The molecule has 4 rings (SSSR count). The highest BCUT2D eigenvalue weighted by Gasteiger charge is 2.34. The van der Waals surface area contributed by atoms with Crippen LogP contribution >= 0.6 is 35.8 Å². The van der Waals surface area contributed by atoms with Crippen molar-refractivity contribution in [2.45, 2.75) is 5.92 Å². The van der Waals surface area contributed by atoms with E-state index in [0.717, 1.165) is 4.88 Å². The maximum atomic E-state index is 12.3. The Labute approximate surface area is 142 Å². The van der Waals surface area contributed by atoms with Gasteiger partial charge in [-0.2, -0.15) is 0 Å². The number of aromatic nitrogens is 4. The average molecular weight is 364 g/mol. The predicted octanol–water partition coefficient (Wildman–Crippen LogP) is 2.53. The van der Waals surface area contributed by atoms with Crippen LogP contribution in [-0.2, 0) is 0 Å². The Morgan fingerprint density at radius 3 is 2.70 bits per heavy atom. The number of thiophene rings is 1. The van der Waals surface area contributed by atoms with E-state index in [1.807, 2.05) is 17.5 Å². The Bertz CT molecular complexity index is 1140. The molecular formula is C13H8N4O3S3. The summed E-state index contributed by atoms with van der Waals surface area (Å²) >= 11 is 11.9. The van der Waals surface area contributed by atoms with Crippen LogP contribution in [0, 0.1) is 9.41 Å². The first-order valence-electron chi connectivity index (χ1n) is 6.49. The average Bonchev–Trinajstić information content (AvgIpc) is 2.99. The summed E-state index contributed by atoms with van der Waals surface area (Å²) in [6.07, 6.45) is 0. The first-order chi connectivity index (χ1) is 11.0. The lowest BCUT2D eigenvalue weighted by Crippen LogP contribution is -2.30. The van der Waals surface area contributed by atoms with Gasteiger partial charge in [0.25, 0.3) is 5.56 Å². The lowest BCUT2D eigenvalue weighted by atomic mass is 9.93. The molecular weight excluding hydrogens is 356 g/mol. The largest absolute Gasteiger partial charge is 0.435 e. The quantitative estimate of drug-likeness (QED) is 0.388. The molecule has 1 aliphatic heterocycles. The topological polar surface area (TPSA) is 107 Å². The van der Waals surface area contributed by atoms with Gasteiger partial charge in [0.05, 0.1) is 17.2 Å². The number of ether oxygens (including phenoxy) is 1. The van der Waals surface area contributed by atoms with Gasteiger partial charge in [0.1, 0.15) is 0 Å². The van der Waals surface area contributed by atoms with E-state index in [2.05, 4.69) is 19.9 Å². The molecule has 116 valence electrons. The van der Waals surface area contributed by atoms with Gasteiger partial charge in [-0.15, -0.1) is 11.3 Å². The van der Waals surface area contributed by atoms with Crippen molar-refractivity contribution in [2.24, 2.45) is 0 Å². The van der Waals surface area contributed by atoms with Crippen molar-refractivity contribution in [3.05, 3.63) is 63.9 Å². The standard InChI is InChI=1S/C13H8N4O3S3/c18-9-6-5(4-2-1-3-23-4)7-8(11(21)17-13(22)14-7)20-10(6)16-12(19)15-9/h1-3,5H,(H2,14,17,21,22)(H2,15,16,18,19). The lowest BCUT2D eigenvalue weighted by molar-refractivity contribution is 0.418. The first kappa shape index (κ1) is 14.3. The zero-order valence-corrected chi connectivity index (χ0v) is 13.7. The number of rotatable bonds is 1. The molecule has 10 heteroatoms. The van der Waals surface area contributed by atoms with Gasteiger partial charge in [0, 0.05) is 4.88 Å². The molecule has 3 aromatic heterocycles. The van der Waals surface area contributed by atoms with Crippen molar-refractivity contribution in [1.29, 1.82) is 0 Å². The van der Waals surface area contributed by atoms with E-state index >= 15 is 0 Å². The lowest BCUT2D eigenvalue weighted by Gasteiger charge is -2.25. The zero-order chi connectivity index (χ0) is 16.1. The summed E-state index contributed by atoms with van der Waals surface area (Å²) in [5.41, 5.74) is -0.246. The molecule has 0 bridgehead atoms. The van der Waals surface area contributed by atoms with Crippen LogP contribution in [0.3, 0.4) is 0 Å². The molecule has 4 heterocycles. The third-order valence-corrected chi connectivity index (χ3v) is 4.91. The normalized spacial score (nSPS) is 15.6. The van der Waals surface area contributed by atoms with Crippen molar-refractivity contribution in [3.8, 4) is 11.6 Å². The van der Waals surface area contributed by atoms with Crippen molar-refractivity contribution in [3.63, 3.8) is 0 Å². The van der Waals surface area contributed by atoms with Crippen molar-refractivity contribution >= 4 is 35.8 Å². The van der Waals surface area contributed by atoms with Crippen LogP contribution < -0.4 is 16.0 Å². The Hall–Kier alpha value is -2.30. The summed E-state index contributed by atoms with van der Waals surface area (Å²) in [7, 11) is 0. The molecule has 23 heavy (non-hydrogen) atoms. The molecule has 0 aromatic carbocycles. The predicted molar refractivity (Wildman–Crippen MR) is 89.8 cm³/mol. The van der Waals surface area contributed by atoms with Crippen LogP contribution in [0.2, 0.25) is 0 Å². The third-order valence-electron chi connectivity index (χ3n) is 3.48. The first-order valence-corrected chi connectivity index (χ1v) is 8.18. The third kappa shape index (κ3) is 2.22. The minimum atomic E-state index is -0.638. The van der Waals surface area contributed by atoms with Crippen molar-refractivity contribution < 1.29 is 4.74 Å². The van der Waals surface area contributed by atoms with Crippen LogP contribution in [0.4, 0.5) is 0 Å². The second-order valence-electron chi connectivity index (χ2n) is 4.85. The fraction of sp³-hybridized carbons (Fsp3) is 0.0769. The summed E-state index contributed by atoms with van der Waals surface area (Å²) in [4.78, 5) is 35.4. The second-order valence-corrected chi connectivity index (χ2v) is 6.65. The summed E-state index contributed by atoms with van der Waals surface area (Å²) in [5, 5.41) is 1.91. The molecule has 1 atom stereocenters. The molecule has 0 aliphatic carbocycles. The van der Waals surface area contributed by atoms with Crippen LogP contribution in [0.1, 0.15) is 22.1 Å². The molecule has 0 fully saturated rings. The van der Waals surface area contributed by atoms with E-state index in [1.54, 1.807) is 0 Å².